The number of benzene rings is 2. The predicted molar refractivity (Wildman–Crippen MR) is 99.8 cm³/mol. The summed E-state index contributed by atoms with van der Waals surface area (Å²) >= 11 is 0. The summed E-state index contributed by atoms with van der Waals surface area (Å²) in [5.41, 5.74) is 0.847. The lowest BCUT2D eigenvalue weighted by molar-refractivity contribution is -0.384. The van der Waals surface area contributed by atoms with Crippen molar-refractivity contribution in [2.45, 2.75) is 6.42 Å². The van der Waals surface area contributed by atoms with Crippen molar-refractivity contribution in [3.63, 3.8) is 0 Å². The molecule has 9 nitrogen and oxygen atoms in total. The Morgan fingerprint density at radius 3 is 2.48 bits per heavy atom. The smallest absolute Gasteiger partial charge is 0.269 e. The fourth-order valence-electron chi connectivity index (χ4n) is 2.81. The molecule has 0 saturated carbocycles. The number of sulfonamides is 1. The van der Waals surface area contributed by atoms with Gasteiger partial charge in [-0.25, -0.2) is 8.42 Å². The Balaban J connectivity index is 1.87. The molecule has 0 radical (unpaired) electrons. The van der Waals surface area contributed by atoms with Crippen LogP contribution in [0.2, 0.25) is 0 Å². The highest BCUT2D eigenvalue weighted by Gasteiger charge is 2.29. The van der Waals surface area contributed by atoms with Crippen molar-refractivity contribution in [2.75, 3.05) is 29.0 Å². The van der Waals surface area contributed by atoms with Crippen LogP contribution in [0.4, 0.5) is 17.1 Å². The molecule has 1 aliphatic rings. The van der Waals surface area contributed by atoms with Gasteiger partial charge in [-0.1, -0.05) is 0 Å². The van der Waals surface area contributed by atoms with Gasteiger partial charge >= 0.3 is 0 Å². The normalized spacial score (nSPS) is 15.4. The summed E-state index contributed by atoms with van der Waals surface area (Å²) in [5.74, 6) is -0.0426. The molecule has 0 atom stereocenters. The number of anilines is 2. The van der Waals surface area contributed by atoms with Crippen LogP contribution < -0.4 is 14.4 Å². The zero-order chi connectivity index (χ0) is 19.6. The summed E-state index contributed by atoms with van der Waals surface area (Å²) in [4.78, 5) is 22.6. The molecule has 0 aliphatic carbocycles. The van der Waals surface area contributed by atoms with Gasteiger partial charge in [-0.3, -0.25) is 19.2 Å². The largest absolute Gasteiger partial charge is 0.495 e. The van der Waals surface area contributed by atoms with Crippen LogP contribution in [-0.2, 0) is 10.0 Å². The van der Waals surface area contributed by atoms with Crippen molar-refractivity contribution in [1.82, 2.24) is 0 Å². The summed E-state index contributed by atoms with van der Waals surface area (Å²) in [7, 11) is -1.92. The van der Waals surface area contributed by atoms with Crippen molar-refractivity contribution >= 4 is 33.0 Å². The molecule has 10 heteroatoms. The highest BCUT2D eigenvalue weighted by atomic mass is 32.2. The number of methoxy groups -OCH3 is 1. The van der Waals surface area contributed by atoms with Crippen LogP contribution in [-0.4, -0.2) is 38.7 Å². The van der Waals surface area contributed by atoms with Crippen molar-refractivity contribution in [3.8, 4) is 5.75 Å². The SMILES string of the molecule is COc1ccc(N2CCCS2(=O)=O)cc1NC(=O)c1ccc([N+](=O)[O-])cc1. The lowest BCUT2D eigenvalue weighted by Gasteiger charge is -2.19. The van der Waals surface area contributed by atoms with Gasteiger partial charge in [0.05, 0.1) is 29.2 Å². The van der Waals surface area contributed by atoms with Gasteiger partial charge in [0, 0.05) is 24.2 Å². The van der Waals surface area contributed by atoms with Gasteiger partial charge in [-0.2, -0.15) is 0 Å². The molecule has 0 aromatic heterocycles. The first-order valence-corrected chi connectivity index (χ1v) is 9.67. The highest BCUT2D eigenvalue weighted by Crippen LogP contribution is 2.33. The van der Waals surface area contributed by atoms with Gasteiger partial charge < -0.3 is 10.1 Å². The minimum atomic E-state index is -3.35. The van der Waals surface area contributed by atoms with E-state index < -0.39 is 20.9 Å². The quantitative estimate of drug-likeness (QED) is 0.617. The molecule has 142 valence electrons. The molecule has 0 bridgehead atoms. The molecule has 1 saturated heterocycles. The van der Waals surface area contributed by atoms with E-state index in [1.54, 1.807) is 12.1 Å². The number of carbonyl (C=O) groups excluding carboxylic acids is 1. The maximum atomic E-state index is 12.5. The van der Waals surface area contributed by atoms with Crippen LogP contribution in [0.1, 0.15) is 16.8 Å². The third-order valence-corrected chi connectivity index (χ3v) is 6.03. The Hall–Kier alpha value is -3.14. The van der Waals surface area contributed by atoms with E-state index in [1.165, 1.54) is 41.7 Å². The summed E-state index contributed by atoms with van der Waals surface area (Å²) in [6.45, 7) is 0.379. The summed E-state index contributed by atoms with van der Waals surface area (Å²) in [6, 6.07) is 9.88. The zero-order valence-corrected chi connectivity index (χ0v) is 15.2. The van der Waals surface area contributed by atoms with Gasteiger partial charge in [0.1, 0.15) is 5.75 Å². The monoisotopic (exact) mass is 391 g/mol. The molecule has 27 heavy (non-hydrogen) atoms. The third-order valence-electron chi connectivity index (χ3n) is 4.16. The van der Waals surface area contributed by atoms with E-state index in [2.05, 4.69) is 5.32 Å². The topological polar surface area (TPSA) is 119 Å². The fourth-order valence-corrected chi connectivity index (χ4v) is 4.36. The van der Waals surface area contributed by atoms with Gasteiger partial charge in [-0.05, 0) is 36.8 Å². The standard InChI is InChI=1S/C17H17N3O6S/c1-26-16-8-7-14(19-9-2-10-27(19,24)25)11-15(16)18-17(21)12-3-5-13(6-4-12)20(22)23/h3-8,11H,2,9-10H2,1H3,(H,18,21). The molecule has 1 heterocycles. The number of rotatable bonds is 5. The van der Waals surface area contributed by atoms with Crippen LogP contribution in [0, 0.1) is 10.1 Å². The maximum absolute atomic E-state index is 12.5. The first kappa shape index (κ1) is 18.6. The van der Waals surface area contributed by atoms with Gasteiger partial charge in [0.25, 0.3) is 11.6 Å². The maximum Gasteiger partial charge on any atom is 0.269 e. The van der Waals surface area contributed by atoms with Crippen LogP contribution in [0.25, 0.3) is 0 Å². The van der Waals surface area contributed by atoms with E-state index in [9.17, 15) is 23.3 Å². The van der Waals surface area contributed by atoms with Gasteiger partial charge in [-0.15, -0.1) is 0 Å². The van der Waals surface area contributed by atoms with E-state index in [4.69, 9.17) is 4.74 Å². The Bertz CT molecular complexity index is 988. The molecular formula is C17H17N3O6S. The molecule has 1 N–H and O–H groups in total. The van der Waals surface area contributed by atoms with E-state index in [0.29, 0.717) is 30.1 Å². The summed E-state index contributed by atoms with van der Waals surface area (Å²) in [6.07, 6.45) is 0.541. The third kappa shape index (κ3) is 3.85. The number of nitrogens with zero attached hydrogens (tertiary/aromatic N) is 2. The first-order valence-electron chi connectivity index (χ1n) is 8.06. The predicted octanol–water partition coefficient (Wildman–Crippen LogP) is 2.40. The average molecular weight is 391 g/mol. The minimum absolute atomic E-state index is 0.0868. The highest BCUT2D eigenvalue weighted by molar-refractivity contribution is 7.93. The number of non-ortho nitro benzene ring substituents is 1. The van der Waals surface area contributed by atoms with Crippen LogP contribution in [0.3, 0.4) is 0 Å². The molecular weight excluding hydrogens is 374 g/mol. The van der Waals surface area contributed by atoms with Gasteiger partial charge in [0.2, 0.25) is 10.0 Å². The number of nitro benzene ring substituents is 1. The molecule has 3 rings (SSSR count). The molecule has 0 unspecified atom stereocenters. The number of ether oxygens (including phenoxy) is 1. The second-order valence-corrected chi connectivity index (χ2v) is 7.90. The van der Waals surface area contributed by atoms with Crippen molar-refractivity contribution in [1.29, 1.82) is 0 Å². The fraction of sp³-hybridized carbons (Fsp3) is 0.235. The molecule has 1 fully saturated rings. The van der Waals surface area contributed by atoms with Crippen LogP contribution in [0.5, 0.6) is 5.75 Å². The molecule has 1 aliphatic heterocycles. The van der Waals surface area contributed by atoms with Crippen LogP contribution >= 0.6 is 0 Å². The van der Waals surface area contributed by atoms with Crippen molar-refractivity contribution in [2.24, 2.45) is 0 Å². The molecule has 1 amide bonds. The number of nitrogens with one attached hydrogen (secondary N) is 1. The Morgan fingerprint density at radius 1 is 1.22 bits per heavy atom. The second kappa shape index (κ2) is 7.23. The summed E-state index contributed by atoms with van der Waals surface area (Å²) < 4.78 is 30.8. The average Bonchev–Trinajstić information content (AvgIpc) is 3.00. The van der Waals surface area contributed by atoms with Gasteiger partial charge in [0.15, 0.2) is 0 Å². The molecule has 2 aromatic rings. The number of hydrogen-bond donors (Lipinski definition) is 1. The number of nitro groups is 1. The zero-order valence-electron chi connectivity index (χ0n) is 14.4. The van der Waals surface area contributed by atoms with Crippen molar-refractivity contribution < 1.29 is 22.9 Å². The Labute approximate surface area is 155 Å². The summed E-state index contributed by atoms with van der Waals surface area (Å²) in [5, 5.41) is 13.4. The first-order chi connectivity index (χ1) is 12.8. The second-order valence-electron chi connectivity index (χ2n) is 5.88. The Morgan fingerprint density at radius 2 is 1.93 bits per heavy atom. The number of carbonyl (C=O) groups is 1. The van der Waals surface area contributed by atoms with Crippen molar-refractivity contribution in [3.05, 3.63) is 58.1 Å². The molecule has 0 spiro atoms. The Kier molecular flexibility index (Phi) is 5.00. The van der Waals surface area contributed by atoms with Crippen LogP contribution in [0.15, 0.2) is 42.5 Å². The van der Waals surface area contributed by atoms with E-state index in [1.807, 2.05) is 0 Å². The lowest BCUT2D eigenvalue weighted by Crippen LogP contribution is -2.25. The van der Waals surface area contributed by atoms with E-state index >= 15 is 0 Å². The number of hydrogen-bond acceptors (Lipinski definition) is 6. The lowest BCUT2D eigenvalue weighted by atomic mass is 10.2. The van der Waals surface area contributed by atoms with E-state index in [0.717, 1.165) is 0 Å². The van der Waals surface area contributed by atoms with E-state index in [-0.39, 0.29) is 17.0 Å². The minimum Gasteiger partial charge on any atom is -0.495 e. The molecule has 2 aromatic carbocycles. The number of amides is 1.